The van der Waals surface area contributed by atoms with Gasteiger partial charge >= 0.3 is 0 Å². The second-order valence-corrected chi connectivity index (χ2v) is 5.67. The van der Waals surface area contributed by atoms with Gasteiger partial charge in [0.15, 0.2) is 0 Å². The summed E-state index contributed by atoms with van der Waals surface area (Å²) in [5, 5.41) is 13.1. The lowest BCUT2D eigenvalue weighted by Gasteiger charge is -2.33. The lowest BCUT2D eigenvalue weighted by atomic mass is 9.88. The molecule has 0 radical (unpaired) electrons. The number of rotatable bonds is 2. The van der Waals surface area contributed by atoms with E-state index < -0.39 is 5.54 Å². The van der Waals surface area contributed by atoms with Crippen molar-refractivity contribution in [3.8, 4) is 6.07 Å². The Kier molecular flexibility index (Phi) is 2.42. The van der Waals surface area contributed by atoms with Crippen molar-refractivity contribution < 1.29 is 0 Å². The van der Waals surface area contributed by atoms with E-state index in [1.54, 1.807) is 0 Å². The highest BCUT2D eigenvalue weighted by Crippen LogP contribution is 2.41. The Hall–Kier alpha value is -0.980. The van der Waals surface area contributed by atoms with Crippen LogP contribution in [0.4, 0.5) is 0 Å². The number of nitriles is 1. The van der Waals surface area contributed by atoms with E-state index >= 15 is 0 Å². The summed E-state index contributed by atoms with van der Waals surface area (Å²) in [4.78, 5) is 1.27. The molecule has 1 aromatic carbocycles. The molecular weight excluding hydrogens is 216 g/mol. The van der Waals surface area contributed by atoms with E-state index in [-0.39, 0.29) is 0 Å². The summed E-state index contributed by atoms with van der Waals surface area (Å²) in [7, 11) is 0. The Morgan fingerprint density at radius 3 is 2.94 bits per heavy atom. The smallest absolute Gasteiger partial charge is 0.134 e. The minimum absolute atomic E-state index is 0.428. The average Bonchev–Trinajstić information content (AvgIpc) is 3.13. The van der Waals surface area contributed by atoms with Gasteiger partial charge in [-0.05, 0) is 25.3 Å². The molecule has 0 bridgehead atoms. The van der Waals surface area contributed by atoms with Crippen molar-refractivity contribution in [2.24, 2.45) is 0 Å². The van der Waals surface area contributed by atoms with Crippen LogP contribution in [0.25, 0.3) is 0 Å². The Labute approximate surface area is 100 Å². The van der Waals surface area contributed by atoms with Crippen molar-refractivity contribution >= 4 is 11.8 Å². The lowest BCUT2D eigenvalue weighted by molar-refractivity contribution is 0.401. The SMILES string of the molecule is N#CC1(NC2CC2)CCSc2ccccc21. The fraction of sp³-hybridized carbons (Fsp3) is 0.462. The third-order valence-corrected chi connectivity index (χ3v) is 4.38. The summed E-state index contributed by atoms with van der Waals surface area (Å²) >= 11 is 1.86. The zero-order valence-corrected chi connectivity index (χ0v) is 9.89. The van der Waals surface area contributed by atoms with Crippen LogP contribution in [0.15, 0.2) is 29.2 Å². The summed E-state index contributed by atoms with van der Waals surface area (Å²) in [6.07, 6.45) is 3.36. The van der Waals surface area contributed by atoms with E-state index in [1.807, 2.05) is 17.8 Å². The standard InChI is InChI=1S/C13H14N2S/c14-9-13(15-10-5-6-10)7-8-16-12-4-2-1-3-11(12)13/h1-4,10,15H,5-8H2. The van der Waals surface area contributed by atoms with Crippen molar-refractivity contribution in [1.29, 1.82) is 5.26 Å². The molecule has 1 unspecified atom stereocenters. The molecule has 2 nitrogen and oxygen atoms in total. The van der Waals surface area contributed by atoms with Gasteiger partial charge in [0, 0.05) is 22.3 Å². The van der Waals surface area contributed by atoms with Crippen molar-refractivity contribution in [2.75, 3.05) is 5.75 Å². The van der Waals surface area contributed by atoms with Gasteiger partial charge in [-0.3, -0.25) is 5.32 Å². The molecule has 16 heavy (non-hydrogen) atoms. The van der Waals surface area contributed by atoms with Crippen LogP contribution in [-0.4, -0.2) is 11.8 Å². The van der Waals surface area contributed by atoms with Crippen LogP contribution in [0, 0.1) is 11.3 Å². The van der Waals surface area contributed by atoms with Crippen LogP contribution in [-0.2, 0) is 5.54 Å². The number of thioether (sulfide) groups is 1. The molecule has 0 aromatic heterocycles. The summed E-state index contributed by atoms with van der Waals surface area (Å²) < 4.78 is 0. The molecule has 2 aliphatic rings. The first-order valence-electron chi connectivity index (χ1n) is 5.75. The normalized spacial score (nSPS) is 28.2. The lowest BCUT2D eigenvalue weighted by Crippen LogP contribution is -2.44. The summed E-state index contributed by atoms with van der Waals surface area (Å²) in [6, 6.07) is 11.4. The van der Waals surface area contributed by atoms with E-state index in [0.717, 1.165) is 12.2 Å². The first kappa shape index (κ1) is 10.2. The maximum Gasteiger partial charge on any atom is 0.134 e. The van der Waals surface area contributed by atoms with Gasteiger partial charge in [-0.15, -0.1) is 11.8 Å². The van der Waals surface area contributed by atoms with E-state index in [9.17, 15) is 5.26 Å². The molecule has 1 N–H and O–H groups in total. The molecule has 3 rings (SSSR count). The van der Waals surface area contributed by atoms with Crippen LogP contribution in [0.1, 0.15) is 24.8 Å². The maximum atomic E-state index is 9.54. The summed E-state index contributed by atoms with van der Waals surface area (Å²) in [6.45, 7) is 0. The molecule has 0 spiro atoms. The van der Waals surface area contributed by atoms with Crippen LogP contribution in [0.5, 0.6) is 0 Å². The van der Waals surface area contributed by atoms with Gasteiger partial charge in [0.1, 0.15) is 5.54 Å². The average molecular weight is 230 g/mol. The van der Waals surface area contributed by atoms with Crippen molar-refractivity contribution in [2.45, 2.75) is 35.7 Å². The summed E-state index contributed by atoms with van der Waals surface area (Å²) in [5.74, 6) is 1.03. The van der Waals surface area contributed by atoms with Gasteiger partial charge in [-0.1, -0.05) is 18.2 Å². The largest absolute Gasteiger partial charge is 0.293 e. The number of benzene rings is 1. The van der Waals surface area contributed by atoms with E-state index in [0.29, 0.717) is 6.04 Å². The molecule has 1 fully saturated rings. The molecule has 1 aromatic rings. The first-order valence-corrected chi connectivity index (χ1v) is 6.74. The molecule has 82 valence electrons. The minimum Gasteiger partial charge on any atom is -0.293 e. The van der Waals surface area contributed by atoms with Gasteiger partial charge in [-0.2, -0.15) is 5.26 Å². The Morgan fingerprint density at radius 1 is 1.38 bits per heavy atom. The molecule has 1 aliphatic carbocycles. The van der Waals surface area contributed by atoms with E-state index in [2.05, 4.69) is 29.6 Å². The highest BCUT2D eigenvalue weighted by molar-refractivity contribution is 7.99. The van der Waals surface area contributed by atoms with Crippen LogP contribution in [0.2, 0.25) is 0 Å². The Bertz CT molecular complexity index is 447. The van der Waals surface area contributed by atoms with Crippen LogP contribution >= 0.6 is 11.8 Å². The third kappa shape index (κ3) is 1.63. The second-order valence-electron chi connectivity index (χ2n) is 4.53. The Balaban J connectivity index is 2.03. The van der Waals surface area contributed by atoms with Gasteiger partial charge < -0.3 is 0 Å². The first-order chi connectivity index (χ1) is 7.84. The molecule has 1 aliphatic heterocycles. The minimum atomic E-state index is -0.428. The van der Waals surface area contributed by atoms with Gasteiger partial charge in [0.2, 0.25) is 0 Å². The number of nitrogens with zero attached hydrogens (tertiary/aromatic N) is 1. The predicted octanol–water partition coefficient (Wildman–Crippen LogP) is 2.65. The number of hydrogen-bond donors (Lipinski definition) is 1. The van der Waals surface area contributed by atoms with Crippen molar-refractivity contribution in [3.05, 3.63) is 29.8 Å². The topological polar surface area (TPSA) is 35.8 Å². The molecule has 1 heterocycles. The number of fused-ring (bicyclic) bond motifs is 1. The molecule has 3 heteroatoms. The molecule has 0 amide bonds. The fourth-order valence-electron chi connectivity index (χ4n) is 2.27. The Morgan fingerprint density at radius 2 is 2.19 bits per heavy atom. The van der Waals surface area contributed by atoms with Gasteiger partial charge in [0.05, 0.1) is 6.07 Å². The van der Waals surface area contributed by atoms with Gasteiger partial charge in [-0.25, -0.2) is 0 Å². The van der Waals surface area contributed by atoms with E-state index in [4.69, 9.17) is 0 Å². The van der Waals surface area contributed by atoms with Crippen molar-refractivity contribution in [3.63, 3.8) is 0 Å². The second kappa shape index (κ2) is 3.80. The maximum absolute atomic E-state index is 9.54. The quantitative estimate of drug-likeness (QED) is 0.848. The molecular formula is C13H14N2S. The third-order valence-electron chi connectivity index (χ3n) is 3.30. The highest BCUT2D eigenvalue weighted by Gasteiger charge is 2.40. The van der Waals surface area contributed by atoms with Crippen molar-refractivity contribution in [1.82, 2.24) is 5.32 Å². The zero-order chi connectivity index (χ0) is 11.0. The van der Waals surface area contributed by atoms with Gasteiger partial charge in [0.25, 0.3) is 0 Å². The van der Waals surface area contributed by atoms with Crippen LogP contribution in [0.3, 0.4) is 0 Å². The fourth-order valence-corrected chi connectivity index (χ4v) is 3.47. The predicted molar refractivity (Wildman–Crippen MR) is 65.2 cm³/mol. The van der Waals surface area contributed by atoms with E-state index in [1.165, 1.54) is 23.3 Å². The molecule has 1 saturated carbocycles. The molecule has 0 saturated heterocycles. The number of nitrogens with one attached hydrogen (secondary N) is 1. The van der Waals surface area contributed by atoms with Crippen LogP contribution < -0.4 is 5.32 Å². The number of hydrogen-bond acceptors (Lipinski definition) is 3. The monoisotopic (exact) mass is 230 g/mol. The highest BCUT2D eigenvalue weighted by atomic mass is 32.2. The zero-order valence-electron chi connectivity index (χ0n) is 9.07. The molecule has 1 atom stereocenters. The summed E-state index contributed by atoms with van der Waals surface area (Å²) in [5.41, 5.74) is 0.754.